The number of aliphatic hydroxyl groups is 1. The van der Waals surface area contributed by atoms with Crippen LogP contribution in [0.25, 0.3) is 0 Å². The molecular formula is C19H25N3O4. The van der Waals surface area contributed by atoms with Crippen molar-refractivity contribution >= 4 is 5.91 Å². The molecule has 1 saturated carbocycles. The Kier molecular flexibility index (Phi) is 5.56. The zero-order valence-electron chi connectivity index (χ0n) is 15.4. The lowest BCUT2D eigenvalue weighted by Gasteiger charge is -2.38. The number of carbonyl (C=O) groups is 1. The number of rotatable bonds is 7. The zero-order valence-corrected chi connectivity index (χ0v) is 15.4. The Morgan fingerprint density at radius 1 is 1.42 bits per heavy atom. The molecule has 7 nitrogen and oxygen atoms in total. The molecule has 26 heavy (non-hydrogen) atoms. The number of hydrogen-bond acceptors (Lipinski definition) is 6. The molecule has 2 N–H and O–H groups in total. The number of nitrogens with one attached hydrogen (secondary N) is 1. The van der Waals surface area contributed by atoms with E-state index in [1.165, 1.54) is 0 Å². The van der Waals surface area contributed by atoms with Gasteiger partial charge in [0.1, 0.15) is 5.76 Å². The summed E-state index contributed by atoms with van der Waals surface area (Å²) in [5.74, 6) is 1.47. The maximum atomic E-state index is 12.5. The summed E-state index contributed by atoms with van der Waals surface area (Å²) in [7, 11) is 1.57. The van der Waals surface area contributed by atoms with Crippen molar-refractivity contribution in [2.45, 2.75) is 51.7 Å². The number of amides is 1. The van der Waals surface area contributed by atoms with Gasteiger partial charge in [0.25, 0.3) is 0 Å². The van der Waals surface area contributed by atoms with Gasteiger partial charge in [-0.05, 0) is 44.6 Å². The van der Waals surface area contributed by atoms with E-state index < -0.39 is 0 Å². The SMILES string of the molecule is COc1ccc([C@H](NC(=O)CCc2c(C)noc2C)C2CC(O)C2)cn1. The second kappa shape index (κ2) is 7.86. The first-order chi connectivity index (χ1) is 12.5. The van der Waals surface area contributed by atoms with E-state index in [9.17, 15) is 9.90 Å². The fourth-order valence-electron chi connectivity index (χ4n) is 3.41. The lowest BCUT2D eigenvalue weighted by atomic mass is 9.75. The van der Waals surface area contributed by atoms with Gasteiger partial charge in [-0.3, -0.25) is 4.79 Å². The fraction of sp³-hybridized carbons (Fsp3) is 0.526. The first-order valence-electron chi connectivity index (χ1n) is 8.87. The largest absolute Gasteiger partial charge is 0.481 e. The Morgan fingerprint density at radius 2 is 2.19 bits per heavy atom. The Labute approximate surface area is 152 Å². The van der Waals surface area contributed by atoms with E-state index in [4.69, 9.17) is 9.26 Å². The van der Waals surface area contributed by atoms with Gasteiger partial charge in [-0.25, -0.2) is 4.98 Å². The number of hydrogen-bond donors (Lipinski definition) is 2. The minimum absolute atomic E-state index is 0.0350. The number of pyridine rings is 1. The molecule has 0 unspecified atom stereocenters. The number of aryl methyl sites for hydroxylation is 2. The summed E-state index contributed by atoms with van der Waals surface area (Å²) in [6.07, 6.45) is 3.75. The summed E-state index contributed by atoms with van der Waals surface area (Å²) in [6.45, 7) is 3.74. The van der Waals surface area contributed by atoms with Gasteiger partial charge in [0.05, 0.1) is 24.9 Å². The average molecular weight is 359 g/mol. The highest BCUT2D eigenvalue weighted by Crippen LogP contribution is 2.38. The molecule has 0 bridgehead atoms. The molecule has 140 valence electrons. The Morgan fingerprint density at radius 3 is 2.73 bits per heavy atom. The van der Waals surface area contributed by atoms with Gasteiger partial charge in [0.15, 0.2) is 0 Å². The summed E-state index contributed by atoms with van der Waals surface area (Å²) in [5.41, 5.74) is 2.74. The van der Waals surface area contributed by atoms with Crippen molar-refractivity contribution in [2.75, 3.05) is 7.11 Å². The highest BCUT2D eigenvalue weighted by Gasteiger charge is 2.35. The van der Waals surface area contributed by atoms with Gasteiger partial charge in [-0.2, -0.15) is 0 Å². The standard InChI is InChI=1S/C19H25N3O4/c1-11-16(12(2)26-22-11)5-6-17(24)21-19(14-8-15(23)9-14)13-4-7-18(25-3)20-10-13/h4,7,10,14-15,19,23H,5-6,8-9H2,1-3H3,(H,21,24)/t14?,15?,19-/m0/s1. The fourth-order valence-corrected chi connectivity index (χ4v) is 3.41. The lowest BCUT2D eigenvalue weighted by molar-refractivity contribution is -0.123. The highest BCUT2D eigenvalue weighted by molar-refractivity contribution is 5.76. The van der Waals surface area contributed by atoms with E-state index in [2.05, 4.69) is 15.5 Å². The normalized spacial score (nSPS) is 20.3. The second-order valence-electron chi connectivity index (χ2n) is 6.87. The van der Waals surface area contributed by atoms with Crippen LogP contribution in [0.3, 0.4) is 0 Å². The van der Waals surface area contributed by atoms with Crippen molar-refractivity contribution < 1.29 is 19.2 Å². The van der Waals surface area contributed by atoms with Crippen molar-refractivity contribution in [3.05, 3.63) is 40.9 Å². The van der Waals surface area contributed by atoms with Crippen LogP contribution in [-0.2, 0) is 11.2 Å². The summed E-state index contributed by atoms with van der Waals surface area (Å²) in [4.78, 5) is 16.8. The third-order valence-corrected chi connectivity index (χ3v) is 5.05. The van der Waals surface area contributed by atoms with E-state index in [1.54, 1.807) is 19.4 Å². The van der Waals surface area contributed by atoms with Crippen molar-refractivity contribution in [2.24, 2.45) is 5.92 Å². The van der Waals surface area contributed by atoms with E-state index >= 15 is 0 Å². The Hall–Kier alpha value is -2.41. The van der Waals surface area contributed by atoms with Crippen LogP contribution >= 0.6 is 0 Å². The number of methoxy groups -OCH3 is 1. The molecule has 0 saturated heterocycles. The quantitative estimate of drug-likeness (QED) is 0.787. The zero-order chi connectivity index (χ0) is 18.7. The first kappa shape index (κ1) is 18.4. The molecule has 2 aromatic heterocycles. The number of carbonyl (C=O) groups excluding carboxylic acids is 1. The minimum atomic E-state index is -0.284. The first-order valence-corrected chi connectivity index (χ1v) is 8.87. The van der Waals surface area contributed by atoms with Crippen LogP contribution in [-0.4, -0.2) is 34.4 Å². The second-order valence-corrected chi connectivity index (χ2v) is 6.87. The topological polar surface area (TPSA) is 97.5 Å². The van der Waals surface area contributed by atoms with Gasteiger partial charge in [0.2, 0.25) is 11.8 Å². The molecule has 2 heterocycles. The molecular weight excluding hydrogens is 334 g/mol. The number of aliphatic hydroxyl groups excluding tert-OH is 1. The van der Waals surface area contributed by atoms with Crippen LogP contribution in [0.1, 0.15) is 47.9 Å². The predicted octanol–water partition coefficient (Wildman–Crippen LogP) is 2.26. The summed E-state index contributed by atoms with van der Waals surface area (Å²) < 4.78 is 10.2. The summed E-state index contributed by atoms with van der Waals surface area (Å²) in [6, 6.07) is 3.54. The molecule has 3 rings (SSSR count). The molecule has 0 aromatic carbocycles. The molecule has 1 aliphatic rings. The van der Waals surface area contributed by atoms with Crippen LogP contribution in [0, 0.1) is 19.8 Å². The Balaban J connectivity index is 1.66. The lowest BCUT2D eigenvalue weighted by Crippen LogP contribution is -2.41. The van der Waals surface area contributed by atoms with Gasteiger partial charge < -0.3 is 19.7 Å². The van der Waals surface area contributed by atoms with Crippen LogP contribution in [0.15, 0.2) is 22.9 Å². The molecule has 2 aromatic rings. The molecule has 0 radical (unpaired) electrons. The highest BCUT2D eigenvalue weighted by atomic mass is 16.5. The maximum absolute atomic E-state index is 12.5. The van der Waals surface area contributed by atoms with E-state index in [0.717, 1.165) is 22.6 Å². The molecule has 1 aliphatic carbocycles. The van der Waals surface area contributed by atoms with Crippen LogP contribution in [0.5, 0.6) is 5.88 Å². The number of aromatic nitrogens is 2. The van der Waals surface area contributed by atoms with Crippen LogP contribution in [0.4, 0.5) is 0 Å². The van der Waals surface area contributed by atoms with Gasteiger partial charge in [-0.1, -0.05) is 11.2 Å². The van der Waals surface area contributed by atoms with Crippen molar-refractivity contribution in [1.29, 1.82) is 0 Å². The predicted molar refractivity (Wildman–Crippen MR) is 94.7 cm³/mol. The van der Waals surface area contributed by atoms with Gasteiger partial charge in [-0.15, -0.1) is 0 Å². The molecule has 1 atom stereocenters. The monoisotopic (exact) mass is 359 g/mol. The molecule has 1 fully saturated rings. The smallest absolute Gasteiger partial charge is 0.220 e. The summed E-state index contributed by atoms with van der Waals surface area (Å²) >= 11 is 0. The van der Waals surface area contributed by atoms with Crippen molar-refractivity contribution in [3.63, 3.8) is 0 Å². The summed E-state index contributed by atoms with van der Waals surface area (Å²) in [5, 5.41) is 16.7. The average Bonchev–Trinajstić information content (AvgIpc) is 2.93. The van der Waals surface area contributed by atoms with Crippen molar-refractivity contribution in [3.8, 4) is 5.88 Å². The maximum Gasteiger partial charge on any atom is 0.220 e. The molecule has 1 amide bonds. The van der Waals surface area contributed by atoms with Crippen molar-refractivity contribution in [1.82, 2.24) is 15.5 Å². The molecule has 0 aliphatic heterocycles. The van der Waals surface area contributed by atoms with Gasteiger partial charge >= 0.3 is 0 Å². The van der Waals surface area contributed by atoms with E-state index in [-0.39, 0.29) is 24.0 Å². The minimum Gasteiger partial charge on any atom is -0.481 e. The van der Waals surface area contributed by atoms with Crippen LogP contribution in [0.2, 0.25) is 0 Å². The van der Waals surface area contributed by atoms with Gasteiger partial charge in [0, 0.05) is 24.2 Å². The van der Waals surface area contributed by atoms with E-state index in [0.29, 0.717) is 31.6 Å². The van der Waals surface area contributed by atoms with Crippen LogP contribution < -0.4 is 10.1 Å². The molecule has 0 spiro atoms. The number of ether oxygens (including phenoxy) is 1. The van der Waals surface area contributed by atoms with E-state index in [1.807, 2.05) is 19.9 Å². The third-order valence-electron chi connectivity index (χ3n) is 5.05. The Bertz CT molecular complexity index is 731. The molecule has 7 heteroatoms. The third kappa shape index (κ3) is 4.04. The number of nitrogens with zero attached hydrogens (tertiary/aromatic N) is 2.